The minimum Gasteiger partial charge on any atom is -0.357 e. The molecule has 5 heteroatoms. The second-order valence-corrected chi connectivity index (χ2v) is 8.76. The predicted molar refractivity (Wildman–Crippen MR) is 108 cm³/mol. The summed E-state index contributed by atoms with van der Waals surface area (Å²) < 4.78 is 0.316. The minimum atomic E-state index is 0.316. The second-order valence-electron chi connectivity index (χ2n) is 7.22. The van der Waals surface area contributed by atoms with Gasteiger partial charge in [0.15, 0.2) is 5.96 Å². The lowest BCUT2D eigenvalue weighted by Crippen LogP contribution is -2.40. The van der Waals surface area contributed by atoms with Crippen LogP contribution in [0.25, 0.3) is 0 Å². The van der Waals surface area contributed by atoms with Crippen LogP contribution in [0.4, 0.5) is 0 Å². The molecule has 1 atom stereocenters. The summed E-state index contributed by atoms with van der Waals surface area (Å²) in [5.74, 6) is 1.73. The van der Waals surface area contributed by atoms with Gasteiger partial charge in [-0.05, 0) is 57.3 Å². The lowest BCUT2D eigenvalue weighted by molar-refractivity contribution is 0.342. The van der Waals surface area contributed by atoms with Crippen LogP contribution in [0.5, 0.6) is 0 Å². The molecule has 1 aromatic carbocycles. The van der Waals surface area contributed by atoms with E-state index in [1.54, 1.807) is 0 Å². The Morgan fingerprint density at radius 2 is 2.04 bits per heavy atom. The number of hydrogen-bond acceptors (Lipinski definition) is 3. The number of nitrogens with one attached hydrogen (secondary N) is 2. The SMILES string of the molecule is CCNC(=NCC1(Sc2ccccc2)CC1)NCC1CCN(CC)C1. The number of nitrogens with zero attached hydrogens (tertiary/aromatic N) is 2. The molecular formula is C20H32N4S. The van der Waals surface area contributed by atoms with Gasteiger partial charge < -0.3 is 15.5 Å². The third-order valence-corrected chi connectivity index (χ3v) is 6.61. The van der Waals surface area contributed by atoms with E-state index in [0.29, 0.717) is 4.75 Å². The van der Waals surface area contributed by atoms with Gasteiger partial charge in [-0.1, -0.05) is 25.1 Å². The number of benzene rings is 1. The van der Waals surface area contributed by atoms with E-state index < -0.39 is 0 Å². The fourth-order valence-corrected chi connectivity index (χ4v) is 4.57. The van der Waals surface area contributed by atoms with Gasteiger partial charge in [-0.3, -0.25) is 4.99 Å². The molecule has 0 aromatic heterocycles. The first kappa shape index (κ1) is 18.6. The van der Waals surface area contributed by atoms with Gasteiger partial charge in [-0.25, -0.2) is 0 Å². The van der Waals surface area contributed by atoms with Gasteiger partial charge in [-0.15, -0.1) is 11.8 Å². The highest BCUT2D eigenvalue weighted by molar-refractivity contribution is 8.01. The molecule has 1 saturated heterocycles. The lowest BCUT2D eigenvalue weighted by Gasteiger charge is -2.18. The van der Waals surface area contributed by atoms with Crippen LogP contribution in [0.15, 0.2) is 40.2 Å². The van der Waals surface area contributed by atoms with E-state index in [2.05, 4.69) is 59.7 Å². The molecular weight excluding hydrogens is 328 g/mol. The summed E-state index contributed by atoms with van der Waals surface area (Å²) >= 11 is 1.99. The van der Waals surface area contributed by atoms with Crippen LogP contribution in [-0.4, -0.2) is 54.9 Å². The van der Waals surface area contributed by atoms with E-state index in [9.17, 15) is 0 Å². The fraction of sp³-hybridized carbons (Fsp3) is 0.650. The second kappa shape index (κ2) is 8.95. The van der Waals surface area contributed by atoms with Crippen molar-refractivity contribution in [3.63, 3.8) is 0 Å². The van der Waals surface area contributed by atoms with E-state index in [1.807, 2.05) is 11.8 Å². The summed E-state index contributed by atoms with van der Waals surface area (Å²) in [6.45, 7) is 10.9. The van der Waals surface area contributed by atoms with Crippen LogP contribution >= 0.6 is 11.8 Å². The van der Waals surface area contributed by atoms with Gasteiger partial charge in [0.2, 0.25) is 0 Å². The first-order valence-electron chi connectivity index (χ1n) is 9.71. The van der Waals surface area contributed by atoms with E-state index in [0.717, 1.165) is 31.5 Å². The van der Waals surface area contributed by atoms with Crippen molar-refractivity contribution in [3.05, 3.63) is 30.3 Å². The summed E-state index contributed by atoms with van der Waals surface area (Å²) in [6.07, 6.45) is 3.83. The Morgan fingerprint density at radius 3 is 2.68 bits per heavy atom. The highest BCUT2D eigenvalue weighted by Gasteiger charge is 2.43. The first-order valence-corrected chi connectivity index (χ1v) is 10.5. The molecule has 25 heavy (non-hydrogen) atoms. The Bertz CT molecular complexity index is 556. The van der Waals surface area contributed by atoms with E-state index in [4.69, 9.17) is 4.99 Å². The van der Waals surface area contributed by atoms with E-state index >= 15 is 0 Å². The largest absolute Gasteiger partial charge is 0.357 e. The third kappa shape index (κ3) is 5.65. The number of hydrogen-bond donors (Lipinski definition) is 2. The van der Waals surface area contributed by atoms with Crippen LogP contribution < -0.4 is 10.6 Å². The van der Waals surface area contributed by atoms with Gasteiger partial charge in [0.05, 0.1) is 6.54 Å². The molecule has 1 aromatic rings. The predicted octanol–water partition coefficient (Wildman–Crippen LogP) is 3.21. The number of guanidine groups is 1. The van der Waals surface area contributed by atoms with Crippen molar-refractivity contribution in [1.82, 2.24) is 15.5 Å². The average molecular weight is 361 g/mol. The highest BCUT2D eigenvalue weighted by atomic mass is 32.2. The zero-order chi connectivity index (χ0) is 17.5. The highest BCUT2D eigenvalue weighted by Crippen LogP contribution is 2.51. The monoisotopic (exact) mass is 360 g/mol. The van der Waals surface area contributed by atoms with Crippen molar-refractivity contribution < 1.29 is 0 Å². The maximum Gasteiger partial charge on any atom is 0.191 e. The number of thioether (sulfide) groups is 1. The standard InChI is InChI=1S/C20H32N4S/c1-3-21-19(22-14-17-10-13-24(4-2)15-17)23-16-20(11-12-20)25-18-8-6-5-7-9-18/h5-9,17H,3-4,10-16H2,1-2H3,(H2,21,22,23). The number of rotatable bonds is 8. The van der Waals surface area contributed by atoms with Crippen molar-refractivity contribution in [3.8, 4) is 0 Å². The van der Waals surface area contributed by atoms with Crippen molar-refractivity contribution >= 4 is 17.7 Å². The number of likely N-dealkylation sites (tertiary alicyclic amines) is 1. The van der Waals surface area contributed by atoms with Gasteiger partial charge in [0, 0.05) is 29.3 Å². The fourth-order valence-electron chi connectivity index (χ4n) is 3.34. The molecule has 4 nitrogen and oxygen atoms in total. The van der Waals surface area contributed by atoms with E-state index in [-0.39, 0.29) is 0 Å². The Labute approximate surface area is 156 Å². The Balaban J connectivity index is 1.50. The summed E-state index contributed by atoms with van der Waals surface area (Å²) in [4.78, 5) is 8.80. The molecule has 1 saturated carbocycles. The average Bonchev–Trinajstić information content (AvgIpc) is 3.24. The molecule has 1 aliphatic carbocycles. The molecule has 2 N–H and O–H groups in total. The first-order chi connectivity index (χ1) is 12.2. The number of aliphatic imine (C=N–C) groups is 1. The van der Waals surface area contributed by atoms with Crippen LogP contribution in [0.3, 0.4) is 0 Å². The van der Waals surface area contributed by atoms with Crippen molar-refractivity contribution in [2.45, 2.75) is 42.8 Å². The summed E-state index contributed by atoms with van der Waals surface area (Å²) in [5, 5.41) is 6.99. The van der Waals surface area contributed by atoms with Gasteiger partial charge in [0.1, 0.15) is 0 Å². The molecule has 0 spiro atoms. The summed E-state index contributed by atoms with van der Waals surface area (Å²) in [6, 6.07) is 10.7. The Morgan fingerprint density at radius 1 is 1.24 bits per heavy atom. The van der Waals surface area contributed by atoms with Crippen molar-refractivity contribution in [2.24, 2.45) is 10.9 Å². The zero-order valence-electron chi connectivity index (χ0n) is 15.6. The van der Waals surface area contributed by atoms with Crippen LogP contribution in [0.1, 0.15) is 33.1 Å². The third-order valence-electron chi connectivity index (χ3n) is 5.13. The van der Waals surface area contributed by atoms with E-state index in [1.165, 1.54) is 43.8 Å². The Hall–Kier alpha value is -1.20. The summed E-state index contributed by atoms with van der Waals surface area (Å²) in [7, 11) is 0. The molecule has 1 unspecified atom stereocenters. The van der Waals surface area contributed by atoms with Crippen molar-refractivity contribution in [2.75, 3.05) is 39.3 Å². The van der Waals surface area contributed by atoms with Gasteiger partial charge in [-0.2, -0.15) is 0 Å². The molecule has 3 rings (SSSR count). The van der Waals surface area contributed by atoms with Gasteiger partial charge >= 0.3 is 0 Å². The molecule has 0 bridgehead atoms. The molecule has 2 aliphatic rings. The Kier molecular flexibility index (Phi) is 6.65. The maximum atomic E-state index is 4.90. The summed E-state index contributed by atoms with van der Waals surface area (Å²) in [5.41, 5.74) is 0. The topological polar surface area (TPSA) is 39.7 Å². The van der Waals surface area contributed by atoms with Crippen LogP contribution in [0, 0.1) is 5.92 Å². The quantitative estimate of drug-likeness (QED) is 0.552. The molecule has 2 fully saturated rings. The van der Waals surface area contributed by atoms with Gasteiger partial charge in [0.25, 0.3) is 0 Å². The normalized spacial score (nSPS) is 22.8. The molecule has 1 heterocycles. The molecule has 138 valence electrons. The van der Waals surface area contributed by atoms with Crippen molar-refractivity contribution in [1.29, 1.82) is 0 Å². The minimum absolute atomic E-state index is 0.316. The lowest BCUT2D eigenvalue weighted by atomic mass is 10.1. The molecule has 0 radical (unpaired) electrons. The zero-order valence-corrected chi connectivity index (χ0v) is 16.4. The molecule has 1 aliphatic heterocycles. The smallest absolute Gasteiger partial charge is 0.191 e. The van der Waals surface area contributed by atoms with Crippen LogP contribution in [-0.2, 0) is 0 Å². The molecule has 0 amide bonds. The van der Waals surface area contributed by atoms with Crippen LogP contribution in [0.2, 0.25) is 0 Å². The maximum absolute atomic E-state index is 4.90.